The Kier molecular flexibility index (Phi) is 4.18. The summed E-state index contributed by atoms with van der Waals surface area (Å²) in [5.74, 6) is 2.22. The maximum Gasteiger partial charge on any atom is 0.152 e. The zero-order valence-electron chi connectivity index (χ0n) is 11.3. The van der Waals surface area contributed by atoms with E-state index in [-0.39, 0.29) is 0 Å². The first-order valence-electron chi connectivity index (χ1n) is 6.07. The van der Waals surface area contributed by atoms with Crippen LogP contribution in [0.4, 0.5) is 5.82 Å². The number of hydrogen-bond donors (Lipinski definition) is 1. The van der Waals surface area contributed by atoms with Crippen LogP contribution in [-0.4, -0.2) is 30.7 Å². The van der Waals surface area contributed by atoms with Crippen molar-refractivity contribution in [2.24, 2.45) is 0 Å². The molecule has 0 saturated heterocycles. The van der Waals surface area contributed by atoms with Gasteiger partial charge in [-0.15, -0.1) is 0 Å². The molecule has 0 atom stereocenters. The Hall–Kier alpha value is -2.30. The van der Waals surface area contributed by atoms with Crippen molar-refractivity contribution >= 4 is 5.82 Å². The summed E-state index contributed by atoms with van der Waals surface area (Å²) >= 11 is 0. The molecule has 1 aromatic carbocycles. The van der Waals surface area contributed by atoms with Gasteiger partial charge in [-0.2, -0.15) is 0 Å². The first kappa shape index (κ1) is 13.1. The first-order valence-corrected chi connectivity index (χ1v) is 6.07. The van der Waals surface area contributed by atoms with E-state index in [9.17, 15) is 0 Å². The van der Waals surface area contributed by atoms with E-state index in [1.54, 1.807) is 26.6 Å². The van der Waals surface area contributed by atoms with Gasteiger partial charge in [-0.3, -0.25) is 4.98 Å². The van der Waals surface area contributed by atoms with Crippen molar-refractivity contribution in [3.8, 4) is 22.8 Å². The molecule has 0 aliphatic rings. The number of methoxy groups -OCH3 is 2. The lowest BCUT2D eigenvalue weighted by Gasteiger charge is -2.13. The number of nitrogens with one attached hydrogen (secondary N) is 1. The van der Waals surface area contributed by atoms with E-state index in [4.69, 9.17) is 9.47 Å². The minimum Gasteiger partial charge on any atom is -0.497 e. The summed E-state index contributed by atoms with van der Waals surface area (Å²) in [6.07, 6.45) is 3.32. The highest BCUT2D eigenvalue weighted by Gasteiger charge is 2.13. The molecule has 0 fully saturated rings. The van der Waals surface area contributed by atoms with E-state index in [2.05, 4.69) is 15.3 Å². The normalized spacial score (nSPS) is 10.1. The van der Waals surface area contributed by atoms with Crippen LogP contribution in [-0.2, 0) is 0 Å². The van der Waals surface area contributed by atoms with Crippen LogP contribution in [0.2, 0.25) is 0 Å². The maximum absolute atomic E-state index is 5.38. The molecule has 0 spiro atoms. The van der Waals surface area contributed by atoms with Gasteiger partial charge in [0.2, 0.25) is 0 Å². The van der Waals surface area contributed by atoms with Gasteiger partial charge in [0.1, 0.15) is 17.2 Å². The van der Waals surface area contributed by atoms with Gasteiger partial charge < -0.3 is 14.8 Å². The Labute approximate surface area is 112 Å². The van der Waals surface area contributed by atoms with E-state index in [0.29, 0.717) is 0 Å². The van der Waals surface area contributed by atoms with Crippen molar-refractivity contribution in [1.82, 2.24) is 9.97 Å². The predicted molar refractivity (Wildman–Crippen MR) is 74.7 cm³/mol. The smallest absolute Gasteiger partial charge is 0.152 e. The van der Waals surface area contributed by atoms with E-state index >= 15 is 0 Å². The lowest BCUT2D eigenvalue weighted by atomic mass is 10.1. The highest BCUT2D eigenvalue weighted by molar-refractivity contribution is 5.77. The molecule has 100 valence electrons. The maximum atomic E-state index is 5.38. The monoisotopic (exact) mass is 259 g/mol. The minimum absolute atomic E-state index is 0.733. The van der Waals surface area contributed by atoms with E-state index < -0.39 is 0 Å². The summed E-state index contributed by atoms with van der Waals surface area (Å²) in [4.78, 5) is 8.70. The molecular formula is C14H17N3O2. The second-order valence-corrected chi connectivity index (χ2v) is 3.85. The number of aromatic nitrogens is 2. The van der Waals surface area contributed by atoms with Crippen LogP contribution in [0.5, 0.6) is 11.5 Å². The zero-order valence-corrected chi connectivity index (χ0v) is 11.3. The largest absolute Gasteiger partial charge is 0.497 e. The van der Waals surface area contributed by atoms with Crippen LogP contribution < -0.4 is 14.8 Å². The second kappa shape index (κ2) is 6.04. The number of rotatable bonds is 5. The molecule has 1 aromatic heterocycles. The summed E-state index contributed by atoms with van der Waals surface area (Å²) in [5, 5.41) is 3.19. The molecule has 0 aliphatic carbocycles. The Bertz CT molecular complexity index is 558. The fourth-order valence-electron chi connectivity index (χ4n) is 1.83. The van der Waals surface area contributed by atoms with Crippen molar-refractivity contribution in [2.75, 3.05) is 26.1 Å². The van der Waals surface area contributed by atoms with Crippen LogP contribution >= 0.6 is 0 Å². The molecule has 0 bridgehead atoms. The molecule has 5 heteroatoms. The molecular weight excluding hydrogens is 242 g/mol. The van der Waals surface area contributed by atoms with E-state index in [1.165, 1.54) is 0 Å². The Morgan fingerprint density at radius 2 is 1.89 bits per heavy atom. The molecule has 5 nitrogen and oxygen atoms in total. The van der Waals surface area contributed by atoms with Crippen molar-refractivity contribution in [3.63, 3.8) is 0 Å². The van der Waals surface area contributed by atoms with Crippen LogP contribution in [0.1, 0.15) is 6.92 Å². The standard InChI is InChI=1S/C14H17N3O2/c1-4-15-14-13(16-7-8-17-14)11-9-10(18-2)5-6-12(11)19-3/h5-9H,4H2,1-3H3,(H,15,17). The highest BCUT2D eigenvalue weighted by Crippen LogP contribution is 2.35. The van der Waals surface area contributed by atoms with Gasteiger partial charge in [-0.1, -0.05) is 0 Å². The van der Waals surface area contributed by atoms with Gasteiger partial charge in [-0.05, 0) is 25.1 Å². The fourth-order valence-corrected chi connectivity index (χ4v) is 1.83. The Morgan fingerprint density at radius 1 is 1.11 bits per heavy atom. The van der Waals surface area contributed by atoms with Gasteiger partial charge >= 0.3 is 0 Å². The molecule has 2 rings (SSSR count). The lowest BCUT2D eigenvalue weighted by molar-refractivity contribution is 0.404. The molecule has 19 heavy (non-hydrogen) atoms. The van der Waals surface area contributed by atoms with Crippen molar-refractivity contribution in [2.45, 2.75) is 6.92 Å². The number of hydrogen-bond acceptors (Lipinski definition) is 5. The minimum atomic E-state index is 0.733. The van der Waals surface area contributed by atoms with Gasteiger partial charge in [-0.25, -0.2) is 4.98 Å². The van der Waals surface area contributed by atoms with E-state index in [1.807, 2.05) is 25.1 Å². The zero-order chi connectivity index (χ0) is 13.7. The third kappa shape index (κ3) is 2.76. The molecule has 1 heterocycles. The van der Waals surface area contributed by atoms with Gasteiger partial charge in [0.05, 0.1) is 14.2 Å². The third-order valence-corrected chi connectivity index (χ3v) is 2.70. The van der Waals surface area contributed by atoms with E-state index in [0.717, 1.165) is 35.1 Å². The summed E-state index contributed by atoms with van der Waals surface area (Å²) < 4.78 is 10.6. The molecule has 0 aliphatic heterocycles. The van der Waals surface area contributed by atoms with Crippen LogP contribution in [0, 0.1) is 0 Å². The Balaban J connectivity index is 2.56. The number of benzene rings is 1. The average Bonchev–Trinajstić information content (AvgIpc) is 2.47. The van der Waals surface area contributed by atoms with Crippen LogP contribution in [0.25, 0.3) is 11.3 Å². The van der Waals surface area contributed by atoms with Crippen molar-refractivity contribution < 1.29 is 9.47 Å². The number of ether oxygens (including phenoxy) is 2. The summed E-state index contributed by atoms with van der Waals surface area (Å²) in [6, 6.07) is 5.61. The van der Waals surface area contributed by atoms with Crippen LogP contribution in [0.3, 0.4) is 0 Å². The third-order valence-electron chi connectivity index (χ3n) is 2.70. The summed E-state index contributed by atoms with van der Waals surface area (Å²) in [5.41, 5.74) is 1.60. The van der Waals surface area contributed by atoms with Gasteiger partial charge in [0, 0.05) is 24.5 Å². The molecule has 0 amide bonds. The fraction of sp³-hybridized carbons (Fsp3) is 0.286. The highest BCUT2D eigenvalue weighted by atomic mass is 16.5. The molecule has 2 aromatic rings. The topological polar surface area (TPSA) is 56.3 Å². The molecule has 0 saturated carbocycles. The van der Waals surface area contributed by atoms with Crippen molar-refractivity contribution in [1.29, 1.82) is 0 Å². The lowest BCUT2D eigenvalue weighted by Crippen LogP contribution is -2.03. The second-order valence-electron chi connectivity index (χ2n) is 3.85. The van der Waals surface area contributed by atoms with Crippen molar-refractivity contribution in [3.05, 3.63) is 30.6 Å². The Morgan fingerprint density at radius 3 is 2.58 bits per heavy atom. The van der Waals surface area contributed by atoms with Gasteiger partial charge in [0.25, 0.3) is 0 Å². The summed E-state index contributed by atoms with van der Waals surface area (Å²) in [7, 11) is 3.27. The SMILES string of the molecule is CCNc1nccnc1-c1cc(OC)ccc1OC. The van der Waals surface area contributed by atoms with Crippen LogP contribution in [0.15, 0.2) is 30.6 Å². The quantitative estimate of drug-likeness (QED) is 0.894. The number of anilines is 1. The predicted octanol–water partition coefficient (Wildman–Crippen LogP) is 2.59. The number of nitrogens with zero attached hydrogens (tertiary/aromatic N) is 2. The first-order chi connectivity index (χ1) is 9.30. The van der Waals surface area contributed by atoms with Gasteiger partial charge in [0.15, 0.2) is 5.82 Å². The summed E-state index contributed by atoms with van der Waals surface area (Å²) in [6.45, 7) is 2.79. The average molecular weight is 259 g/mol. The molecule has 1 N–H and O–H groups in total. The molecule has 0 unspecified atom stereocenters. The molecule has 0 radical (unpaired) electrons.